The molecule has 1 aromatic heterocycles. The molecule has 0 bridgehead atoms. The zero-order valence-electron chi connectivity index (χ0n) is 10.7. The Bertz CT molecular complexity index is 387. The van der Waals surface area contributed by atoms with Crippen LogP contribution < -0.4 is 0 Å². The summed E-state index contributed by atoms with van der Waals surface area (Å²) in [4.78, 5) is 2.49. The van der Waals surface area contributed by atoms with Crippen molar-refractivity contribution in [2.45, 2.75) is 32.4 Å². The van der Waals surface area contributed by atoms with E-state index in [0.717, 1.165) is 35.9 Å². The van der Waals surface area contributed by atoms with Crippen LogP contribution in [-0.4, -0.2) is 41.0 Å². The van der Waals surface area contributed by atoms with Gasteiger partial charge in [0, 0.05) is 33.3 Å². The standard InChI is InChI=1S/C12H20BrN3O/c1-9-12(13)11(15(2)14-9)8-16(6-7-17-3)10-4-5-10/h10H,4-8H2,1-3H3. The van der Waals surface area contributed by atoms with Crippen LogP contribution in [0.5, 0.6) is 0 Å². The third-order valence-corrected chi connectivity index (χ3v) is 4.29. The molecule has 96 valence electrons. The molecule has 17 heavy (non-hydrogen) atoms. The van der Waals surface area contributed by atoms with Crippen molar-refractivity contribution in [3.63, 3.8) is 0 Å². The highest BCUT2D eigenvalue weighted by Gasteiger charge is 2.29. The number of aromatic nitrogens is 2. The first-order chi connectivity index (χ1) is 8.13. The number of halogens is 1. The Kier molecular flexibility index (Phi) is 4.22. The maximum absolute atomic E-state index is 5.18. The van der Waals surface area contributed by atoms with Crippen LogP contribution in [0.15, 0.2) is 4.47 Å². The van der Waals surface area contributed by atoms with E-state index in [-0.39, 0.29) is 0 Å². The van der Waals surface area contributed by atoms with Crippen molar-refractivity contribution in [1.29, 1.82) is 0 Å². The molecule has 0 radical (unpaired) electrons. The van der Waals surface area contributed by atoms with E-state index < -0.39 is 0 Å². The van der Waals surface area contributed by atoms with Crippen LogP contribution in [0.25, 0.3) is 0 Å². The molecule has 2 rings (SSSR count). The number of methoxy groups -OCH3 is 1. The molecule has 0 unspecified atom stereocenters. The van der Waals surface area contributed by atoms with Crippen molar-refractivity contribution in [2.24, 2.45) is 7.05 Å². The zero-order chi connectivity index (χ0) is 12.4. The molecule has 1 heterocycles. The molecule has 1 aromatic rings. The third-order valence-electron chi connectivity index (χ3n) is 3.26. The fraction of sp³-hybridized carbons (Fsp3) is 0.750. The van der Waals surface area contributed by atoms with E-state index in [1.807, 2.05) is 18.7 Å². The summed E-state index contributed by atoms with van der Waals surface area (Å²) in [7, 11) is 3.77. The minimum Gasteiger partial charge on any atom is -0.383 e. The lowest BCUT2D eigenvalue weighted by Gasteiger charge is -2.21. The van der Waals surface area contributed by atoms with Gasteiger partial charge in [-0.1, -0.05) is 0 Å². The Morgan fingerprint density at radius 3 is 2.71 bits per heavy atom. The molecule has 0 spiro atoms. The number of ether oxygens (including phenoxy) is 1. The summed E-state index contributed by atoms with van der Waals surface area (Å²) in [5.41, 5.74) is 2.32. The van der Waals surface area contributed by atoms with Gasteiger partial charge in [-0.15, -0.1) is 0 Å². The second-order valence-corrected chi connectivity index (χ2v) is 5.46. The lowest BCUT2D eigenvalue weighted by Crippen LogP contribution is -2.30. The van der Waals surface area contributed by atoms with Crippen molar-refractivity contribution in [3.05, 3.63) is 15.9 Å². The molecule has 5 heteroatoms. The molecular weight excluding hydrogens is 282 g/mol. The van der Waals surface area contributed by atoms with Crippen LogP contribution in [0.2, 0.25) is 0 Å². The van der Waals surface area contributed by atoms with Gasteiger partial charge < -0.3 is 4.74 Å². The van der Waals surface area contributed by atoms with E-state index >= 15 is 0 Å². The molecule has 0 atom stereocenters. The molecule has 1 saturated carbocycles. The Morgan fingerprint density at radius 2 is 2.24 bits per heavy atom. The average Bonchev–Trinajstić information content (AvgIpc) is 3.09. The monoisotopic (exact) mass is 301 g/mol. The fourth-order valence-corrected chi connectivity index (χ4v) is 2.54. The number of hydrogen-bond acceptors (Lipinski definition) is 3. The third kappa shape index (κ3) is 3.09. The van der Waals surface area contributed by atoms with E-state index in [2.05, 4.69) is 25.9 Å². The van der Waals surface area contributed by atoms with Gasteiger partial charge in [0.15, 0.2) is 0 Å². The Hall–Kier alpha value is -0.390. The number of rotatable bonds is 6. The van der Waals surface area contributed by atoms with Crippen molar-refractivity contribution in [3.8, 4) is 0 Å². The SMILES string of the molecule is COCCN(Cc1c(Br)c(C)nn1C)C1CC1. The van der Waals surface area contributed by atoms with E-state index in [1.54, 1.807) is 7.11 Å². The molecule has 4 nitrogen and oxygen atoms in total. The van der Waals surface area contributed by atoms with Crippen LogP contribution in [0, 0.1) is 6.92 Å². The topological polar surface area (TPSA) is 30.3 Å². The van der Waals surface area contributed by atoms with E-state index in [0.29, 0.717) is 0 Å². The van der Waals surface area contributed by atoms with Crippen LogP contribution in [0.1, 0.15) is 24.2 Å². The molecule has 0 aliphatic heterocycles. The van der Waals surface area contributed by atoms with Gasteiger partial charge in [-0.2, -0.15) is 5.10 Å². The molecule has 1 aliphatic rings. The molecule has 0 aromatic carbocycles. The Morgan fingerprint density at radius 1 is 1.53 bits per heavy atom. The Balaban J connectivity index is 2.05. The highest BCUT2D eigenvalue weighted by Crippen LogP contribution is 2.30. The first-order valence-electron chi connectivity index (χ1n) is 6.04. The summed E-state index contributed by atoms with van der Waals surface area (Å²) >= 11 is 3.63. The van der Waals surface area contributed by atoms with Gasteiger partial charge in [-0.3, -0.25) is 9.58 Å². The van der Waals surface area contributed by atoms with Crippen LogP contribution in [0.3, 0.4) is 0 Å². The smallest absolute Gasteiger partial charge is 0.0739 e. The van der Waals surface area contributed by atoms with Crippen molar-refractivity contribution in [1.82, 2.24) is 14.7 Å². The first kappa shape index (κ1) is 13.1. The maximum atomic E-state index is 5.18. The summed E-state index contributed by atoms with van der Waals surface area (Å²) in [5.74, 6) is 0. The lowest BCUT2D eigenvalue weighted by molar-refractivity contribution is 0.138. The highest BCUT2D eigenvalue weighted by molar-refractivity contribution is 9.10. The summed E-state index contributed by atoms with van der Waals surface area (Å²) in [5, 5.41) is 4.44. The Labute approximate surface area is 111 Å². The first-order valence-corrected chi connectivity index (χ1v) is 6.83. The summed E-state index contributed by atoms with van der Waals surface area (Å²) in [6.07, 6.45) is 2.64. The van der Waals surface area contributed by atoms with Crippen LogP contribution in [0.4, 0.5) is 0 Å². The number of hydrogen-bond donors (Lipinski definition) is 0. The van der Waals surface area contributed by atoms with Gasteiger partial charge in [-0.05, 0) is 35.7 Å². The molecule has 0 saturated heterocycles. The largest absolute Gasteiger partial charge is 0.383 e. The minimum atomic E-state index is 0.743. The van der Waals surface area contributed by atoms with Crippen LogP contribution in [-0.2, 0) is 18.3 Å². The maximum Gasteiger partial charge on any atom is 0.0739 e. The lowest BCUT2D eigenvalue weighted by atomic mass is 10.3. The van der Waals surface area contributed by atoms with E-state index in [9.17, 15) is 0 Å². The quantitative estimate of drug-likeness (QED) is 0.806. The summed E-state index contributed by atoms with van der Waals surface area (Å²) < 4.78 is 8.29. The van der Waals surface area contributed by atoms with Gasteiger partial charge in [-0.25, -0.2) is 0 Å². The number of aryl methyl sites for hydroxylation is 2. The van der Waals surface area contributed by atoms with Crippen molar-refractivity contribution < 1.29 is 4.74 Å². The summed E-state index contributed by atoms with van der Waals surface area (Å²) in [6, 6.07) is 0.743. The highest BCUT2D eigenvalue weighted by atomic mass is 79.9. The second kappa shape index (κ2) is 5.50. The minimum absolute atomic E-state index is 0.743. The molecule has 0 N–H and O–H groups in total. The van der Waals surface area contributed by atoms with Gasteiger partial charge in [0.1, 0.15) is 0 Å². The predicted octanol–water partition coefficient (Wildman–Crippen LogP) is 2.10. The number of nitrogens with zero attached hydrogens (tertiary/aromatic N) is 3. The second-order valence-electron chi connectivity index (χ2n) is 4.66. The van der Waals surface area contributed by atoms with Gasteiger partial charge in [0.25, 0.3) is 0 Å². The van der Waals surface area contributed by atoms with E-state index in [1.165, 1.54) is 18.5 Å². The van der Waals surface area contributed by atoms with Gasteiger partial charge >= 0.3 is 0 Å². The molecular formula is C12H20BrN3O. The molecule has 1 fully saturated rings. The van der Waals surface area contributed by atoms with Crippen LogP contribution >= 0.6 is 15.9 Å². The van der Waals surface area contributed by atoms with Crippen molar-refractivity contribution in [2.75, 3.05) is 20.3 Å². The fourth-order valence-electron chi connectivity index (χ4n) is 2.08. The summed E-state index contributed by atoms with van der Waals surface area (Å²) in [6.45, 7) is 4.78. The van der Waals surface area contributed by atoms with E-state index in [4.69, 9.17) is 4.74 Å². The van der Waals surface area contributed by atoms with Gasteiger partial charge in [0.2, 0.25) is 0 Å². The average molecular weight is 302 g/mol. The predicted molar refractivity (Wildman–Crippen MR) is 71.0 cm³/mol. The molecule has 1 aliphatic carbocycles. The van der Waals surface area contributed by atoms with Crippen molar-refractivity contribution >= 4 is 15.9 Å². The zero-order valence-corrected chi connectivity index (χ0v) is 12.3. The van der Waals surface area contributed by atoms with Gasteiger partial charge in [0.05, 0.1) is 22.5 Å². The normalized spacial score (nSPS) is 15.8. The molecule has 0 amide bonds.